The molecule has 1 N–H and O–H groups in total. The molecule has 0 spiro atoms. The highest BCUT2D eigenvalue weighted by Gasteiger charge is 2.26. The zero-order valence-corrected chi connectivity index (χ0v) is 10.3. The Hall–Kier alpha value is -0.340. The van der Waals surface area contributed by atoms with Crippen LogP contribution in [0.3, 0.4) is 0 Å². The first-order valence-corrected chi connectivity index (χ1v) is 5.96. The molecule has 0 amide bonds. The lowest BCUT2D eigenvalue weighted by Gasteiger charge is -2.26. The quantitative estimate of drug-likeness (QED) is 0.808. The zero-order chi connectivity index (χ0) is 10.8. The number of aliphatic hydroxyl groups is 1. The lowest BCUT2D eigenvalue weighted by Crippen LogP contribution is -2.22. The van der Waals surface area contributed by atoms with E-state index in [4.69, 9.17) is 0 Å². The van der Waals surface area contributed by atoms with Crippen molar-refractivity contribution in [1.29, 1.82) is 0 Å². The predicted octanol–water partition coefficient (Wildman–Crippen LogP) is 3.78. The molecule has 0 saturated heterocycles. The van der Waals surface area contributed by atoms with Crippen LogP contribution in [0.15, 0.2) is 17.5 Å². The van der Waals surface area contributed by atoms with Crippen molar-refractivity contribution >= 4 is 11.3 Å². The lowest BCUT2D eigenvalue weighted by molar-refractivity contribution is 0.0394. The molecule has 80 valence electrons. The first-order valence-electron chi connectivity index (χ1n) is 5.08. The van der Waals surface area contributed by atoms with Crippen molar-refractivity contribution in [3.8, 4) is 0 Å². The molecule has 14 heavy (non-hydrogen) atoms. The maximum atomic E-state index is 10.2. The molecule has 1 nitrogen and oxygen atoms in total. The lowest BCUT2D eigenvalue weighted by atomic mass is 9.85. The molecule has 0 aliphatic heterocycles. The Bertz CT molecular complexity index is 267. The van der Waals surface area contributed by atoms with Crippen LogP contribution in [0.1, 0.15) is 45.4 Å². The largest absolute Gasteiger partial charge is 0.385 e. The molecule has 0 fully saturated rings. The highest BCUT2D eigenvalue weighted by molar-refractivity contribution is 7.10. The topological polar surface area (TPSA) is 20.2 Å². The van der Waals surface area contributed by atoms with Crippen LogP contribution in [0.25, 0.3) is 0 Å². The molecule has 1 atom stereocenters. The van der Waals surface area contributed by atoms with Crippen molar-refractivity contribution in [2.45, 2.75) is 46.1 Å². The Kier molecular flexibility index (Phi) is 3.38. The van der Waals surface area contributed by atoms with Crippen LogP contribution in [-0.4, -0.2) is 5.11 Å². The van der Waals surface area contributed by atoms with Crippen LogP contribution in [0.5, 0.6) is 0 Å². The molecule has 0 bridgehead atoms. The van der Waals surface area contributed by atoms with E-state index in [2.05, 4.69) is 20.8 Å². The van der Waals surface area contributed by atoms with Gasteiger partial charge in [-0.1, -0.05) is 26.8 Å². The van der Waals surface area contributed by atoms with E-state index >= 15 is 0 Å². The van der Waals surface area contributed by atoms with Gasteiger partial charge in [-0.25, -0.2) is 0 Å². The van der Waals surface area contributed by atoms with Gasteiger partial charge in [-0.3, -0.25) is 0 Å². The Morgan fingerprint density at radius 3 is 2.29 bits per heavy atom. The number of hydrogen-bond acceptors (Lipinski definition) is 2. The minimum Gasteiger partial charge on any atom is -0.385 e. The number of thiophene rings is 1. The number of rotatable bonds is 3. The standard InChI is InChI=1S/C12H20OS/c1-11(2,3)7-8-12(4,13)10-6-5-9-14-10/h5-6,9,13H,7-8H2,1-4H3. The molecule has 2 heteroatoms. The fraction of sp³-hybridized carbons (Fsp3) is 0.667. The second-order valence-electron chi connectivity index (χ2n) is 5.31. The third-order valence-electron chi connectivity index (χ3n) is 2.41. The molecular weight excluding hydrogens is 192 g/mol. The van der Waals surface area contributed by atoms with Gasteiger partial charge in [0.2, 0.25) is 0 Å². The van der Waals surface area contributed by atoms with E-state index in [0.29, 0.717) is 5.41 Å². The average Bonchev–Trinajstić information content (AvgIpc) is 2.52. The highest BCUT2D eigenvalue weighted by Crippen LogP contribution is 2.33. The molecular formula is C12H20OS. The van der Waals surface area contributed by atoms with Gasteiger partial charge in [-0.15, -0.1) is 11.3 Å². The van der Waals surface area contributed by atoms with Crippen molar-refractivity contribution in [2.75, 3.05) is 0 Å². The van der Waals surface area contributed by atoms with Crippen LogP contribution in [0, 0.1) is 5.41 Å². The Balaban J connectivity index is 2.59. The summed E-state index contributed by atoms with van der Waals surface area (Å²) in [4.78, 5) is 1.07. The van der Waals surface area contributed by atoms with E-state index in [1.165, 1.54) is 0 Å². The van der Waals surface area contributed by atoms with Gasteiger partial charge in [0.25, 0.3) is 0 Å². The summed E-state index contributed by atoms with van der Waals surface area (Å²) in [7, 11) is 0. The van der Waals surface area contributed by atoms with Gasteiger partial charge in [0.1, 0.15) is 0 Å². The Morgan fingerprint density at radius 2 is 1.86 bits per heavy atom. The second kappa shape index (κ2) is 4.03. The molecule has 1 aromatic heterocycles. The maximum absolute atomic E-state index is 10.2. The fourth-order valence-corrected chi connectivity index (χ4v) is 2.14. The molecule has 1 aromatic rings. The molecule has 1 unspecified atom stereocenters. The van der Waals surface area contributed by atoms with Crippen molar-refractivity contribution in [1.82, 2.24) is 0 Å². The summed E-state index contributed by atoms with van der Waals surface area (Å²) in [6.45, 7) is 8.52. The van der Waals surface area contributed by atoms with Gasteiger partial charge in [0, 0.05) is 4.88 Å². The molecule has 0 radical (unpaired) electrons. The van der Waals surface area contributed by atoms with E-state index in [9.17, 15) is 5.11 Å². The number of hydrogen-bond donors (Lipinski definition) is 1. The molecule has 1 rings (SSSR count). The highest BCUT2D eigenvalue weighted by atomic mass is 32.1. The predicted molar refractivity (Wildman–Crippen MR) is 62.6 cm³/mol. The van der Waals surface area contributed by atoms with E-state index in [-0.39, 0.29) is 0 Å². The molecule has 0 saturated carbocycles. The summed E-state index contributed by atoms with van der Waals surface area (Å²) in [5.74, 6) is 0. The average molecular weight is 212 g/mol. The summed E-state index contributed by atoms with van der Waals surface area (Å²) in [5, 5.41) is 12.3. The first kappa shape index (κ1) is 11.7. The minimum atomic E-state index is -0.651. The van der Waals surface area contributed by atoms with Crippen molar-refractivity contribution < 1.29 is 5.11 Å². The third kappa shape index (κ3) is 3.43. The van der Waals surface area contributed by atoms with Gasteiger partial charge in [-0.05, 0) is 36.6 Å². The molecule has 0 aliphatic carbocycles. The molecule has 1 heterocycles. The zero-order valence-electron chi connectivity index (χ0n) is 9.50. The van der Waals surface area contributed by atoms with Crippen molar-refractivity contribution in [2.24, 2.45) is 5.41 Å². The first-order chi connectivity index (χ1) is 6.31. The maximum Gasteiger partial charge on any atom is 0.0960 e. The summed E-state index contributed by atoms with van der Waals surface area (Å²) < 4.78 is 0. The Morgan fingerprint density at radius 1 is 1.21 bits per heavy atom. The van der Waals surface area contributed by atoms with Gasteiger partial charge >= 0.3 is 0 Å². The van der Waals surface area contributed by atoms with Crippen LogP contribution >= 0.6 is 11.3 Å². The SMILES string of the molecule is CC(C)(C)CCC(C)(O)c1cccs1. The second-order valence-corrected chi connectivity index (χ2v) is 6.26. The Labute approximate surface area is 90.8 Å². The van der Waals surface area contributed by atoms with Gasteiger partial charge in [0.15, 0.2) is 0 Å². The van der Waals surface area contributed by atoms with Crippen molar-refractivity contribution in [3.63, 3.8) is 0 Å². The van der Waals surface area contributed by atoms with Gasteiger partial charge in [0.05, 0.1) is 5.60 Å². The van der Waals surface area contributed by atoms with Gasteiger partial charge < -0.3 is 5.11 Å². The fourth-order valence-electron chi connectivity index (χ4n) is 1.33. The summed E-state index contributed by atoms with van der Waals surface area (Å²) >= 11 is 1.63. The smallest absolute Gasteiger partial charge is 0.0960 e. The van der Waals surface area contributed by atoms with E-state index in [1.54, 1.807) is 11.3 Å². The normalized spacial score (nSPS) is 16.6. The van der Waals surface area contributed by atoms with Crippen LogP contribution in [0.2, 0.25) is 0 Å². The molecule has 0 aliphatic rings. The van der Waals surface area contributed by atoms with Gasteiger partial charge in [-0.2, -0.15) is 0 Å². The third-order valence-corrected chi connectivity index (χ3v) is 3.54. The summed E-state index contributed by atoms with van der Waals surface area (Å²) in [6, 6.07) is 4.00. The van der Waals surface area contributed by atoms with Crippen LogP contribution in [0.4, 0.5) is 0 Å². The van der Waals surface area contributed by atoms with Crippen LogP contribution in [-0.2, 0) is 5.60 Å². The van der Waals surface area contributed by atoms with Crippen LogP contribution < -0.4 is 0 Å². The minimum absolute atomic E-state index is 0.293. The summed E-state index contributed by atoms with van der Waals surface area (Å²) in [6.07, 6.45) is 1.87. The molecule has 0 aromatic carbocycles. The van der Waals surface area contributed by atoms with Crippen molar-refractivity contribution in [3.05, 3.63) is 22.4 Å². The van der Waals surface area contributed by atoms with E-state index in [0.717, 1.165) is 17.7 Å². The van der Waals surface area contributed by atoms with E-state index in [1.807, 2.05) is 24.4 Å². The summed E-state index contributed by atoms with van der Waals surface area (Å²) in [5.41, 5.74) is -0.358. The van der Waals surface area contributed by atoms with E-state index < -0.39 is 5.60 Å². The monoisotopic (exact) mass is 212 g/mol.